The Bertz CT molecular complexity index is 317. The molecule has 0 aliphatic heterocycles. The second-order valence-electron chi connectivity index (χ2n) is 3.39. The molecule has 0 aliphatic carbocycles. The molecule has 0 saturated carbocycles. The van der Waals surface area contributed by atoms with Gasteiger partial charge in [-0.2, -0.15) is 0 Å². The van der Waals surface area contributed by atoms with Gasteiger partial charge in [-0.3, -0.25) is 11.3 Å². The first-order chi connectivity index (χ1) is 7.22. The summed E-state index contributed by atoms with van der Waals surface area (Å²) in [4.78, 5) is 0. The Kier molecular flexibility index (Phi) is 4.52. The number of methoxy groups -OCH3 is 1. The Balaban J connectivity index is 3.02. The van der Waals surface area contributed by atoms with Crippen LogP contribution < -0.4 is 16.0 Å². The van der Waals surface area contributed by atoms with Crippen LogP contribution in [0.15, 0.2) is 18.2 Å². The first kappa shape index (κ1) is 11.9. The molecule has 3 nitrogen and oxygen atoms in total. The molecule has 0 aromatic heterocycles. The van der Waals surface area contributed by atoms with E-state index in [-0.39, 0.29) is 11.9 Å². The SMILES string of the molecule is CCCC(NN)c1cc(F)ccc1OC. The predicted octanol–water partition coefficient (Wildman–Crippen LogP) is 2.14. The molecule has 0 radical (unpaired) electrons. The lowest BCUT2D eigenvalue weighted by Gasteiger charge is -2.18. The third-order valence-corrected chi connectivity index (χ3v) is 2.35. The van der Waals surface area contributed by atoms with Crippen LogP contribution in [0.5, 0.6) is 5.75 Å². The van der Waals surface area contributed by atoms with Crippen LogP contribution in [0.2, 0.25) is 0 Å². The second-order valence-corrected chi connectivity index (χ2v) is 3.39. The number of hydrogen-bond donors (Lipinski definition) is 2. The zero-order valence-electron chi connectivity index (χ0n) is 9.09. The molecule has 0 amide bonds. The van der Waals surface area contributed by atoms with Crippen molar-refractivity contribution in [2.75, 3.05) is 7.11 Å². The van der Waals surface area contributed by atoms with Crippen molar-refractivity contribution in [1.29, 1.82) is 0 Å². The van der Waals surface area contributed by atoms with Crippen molar-refractivity contribution in [2.24, 2.45) is 5.84 Å². The summed E-state index contributed by atoms with van der Waals surface area (Å²) >= 11 is 0. The van der Waals surface area contributed by atoms with Gasteiger partial charge in [0.05, 0.1) is 7.11 Å². The molecule has 1 atom stereocenters. The fourth-order valence-electron chi connectivity index (χ4n) is 1.59. The molecular formula is C11H17FN2O. The number of halogens is 1. The van der Waals surface area contributed by atoms with Crippen molar-refractivity contribution >= 4 is 0 Å². The van der Waals surface area contributed by atoms with Gasteiger partial charge >= 0.3 is 0 Å². The molecule has 0 heterocycles. The highest BCUT2D eigenvalue weighted by Gasteiger charge is 2.14. The van der Waals surface area contributed by atoms with Gasteiger partial charge in [0, 0.05) is 11.6 Å². The summed E-state index contributed by atoms with van der Waals surface area (Å²) in [7, 11) is 1.57. The molecule has 3 N–H and O–H groups in total. The maximum absolute atomic E-state index is 13.1. The molecule has 0 fully saturated rings. The molecule has 1 aromatic rings. The third-order valence-electron chi connectivity index (χ3n) is 2.35. The summed E-state index contributed by atoms with van der Waals surface area (Å²) < 4.78 is 18.3. The largest absolute Gasteiger partial charge is 0.496 e. The average molecular weight is 212 g/mol. The molecule has 1 rings (SSSR count). The van der Waals surface area contributed by atoms with Crippen LogP contribution in [0.25, 0.3) is 0 Å². The Labute approximate surface area is 89.4 Å². The fraction of sp³-hybridized carbons (Fsp3) is 0.455. The van der Waals surface area contributed by atoms with Crippen molar-refractivity contribution in [3.8, 4) is 5.75 Å². The van der Waals surface area contributed by atoms with E-state index in [1.165, 1.54) is 12.1 Å². The Hall–Kier alpha value is -1.13. The quantitative estimate of drug-likeness (QED) is 0.580. The van der Waals surface area contributed by atoms with E-state index >= 15 is 0 Å². The number of hydrazine groups is 1. The van der Waals surface area contributed by atoms with Crippen LogP contribution in [0, 0.1) is 5.82 Å². The van der Waals surface area contributed by atoms with Crippen molar-refractivity contribution < 1.29 is 9.13 Å². The zero-order valence-corrected chi connectivity index (χ0v) is 9.09. The summed E-state index contributed by atoms with van der Waals surface area (Å²) in [5.41, 5.74) is 3.44. The topological polar surface area (TPSA) is 47.3 Å². The lowest BCUT2D eigenvalue weighted by molar-refractivity contribution is 0.393. The molecule has 0 spiro atoms. The minimum absolute atomic E-state index is 0.0688. The van der Waals surface area contributed by atoms with E-state index in [0.29, 0.717) is 5.75 Å². The molecule has 4 heteroatoms. The standard InChI is InChI=1S/C11H17FN2O/c1-3-4-10(14-13)9-7-8(12)5-6-11(9)15-2/h5-7,10,14H,3-4,13H2,1-2H3. The second kappa shape index (κ2) is 5.68. The summed E-state index contributed by atoms with van der Waals surface area (Å²) in [6.07, 6.45) is 1.81. The van der Waals surface area contributed by atoms with Crippen LogP contribution >= 0.6 is 0 Å². The van der Waals surface area contributed by atoms with Gasteiger partial charge in [-0.15, -0.1) is 0 Å². The predicted molar refractivity (Wildman–Crippen MR) is 57.9 cm³/mol. The van der Waals surface area contributed by atoms with E-state index in [1.54, 1.807) is 13.2 Å². The highest BCUT2D eigenvalue weighted by molar-refractivity contribution is 5.36. The van der Waals surface area contributed by atoms with Crippen LogP contribution in [-0.2, 0) is 0 Å². The van der Waals surface area contributed by atoms with Gasteiger partial charge in [0.1, 0.15) is 11.6 Å². The normalized spacial score (nSPS) is 12.5. The van der Waals surface area contributed by atoms with Gasteiger partial charge < -0.3 is 4.74 Å². The number of ether oxygens (including phenoxy) is 1. The van der Waals surface area contributed by atoms with E-state index in [1.807, 2.05) is 0 Å². The van der Waals surface area contributed by atoms with Gasteiger partial charge in [-0.25, -0.2) is 4.39 Å². The number of nitrogens with two attached hydrogens (primary N) is 1. The minimum atomic E-state index is -0.276. The van der Waals surface area contributed by atoms with Gasteiger partial charge in [0.2, 0.25) is 0 Å². The molecule has 1 unspecified atom stereocenters. The van der Waals surface area contributed by atoms with Crippen molar-refractivity contribution in [2.45, 2.75) is 25.8 Å². The molecule has 1 aromatic carbocycles. The molecule has 0 bridgehead atoms. The van der Waals surface area contributed by atoms with Crippen LogP contribution in [0.3, 0.4) is 0 Å². The first-order valence-corrected chi connectivity index (χ1v) is 5.02. The summed E-state index contributed by atoms with van der Waals surface area (Å²) in [5.74, 6) is 5.82. The maximum Gasteiger partial charge on any atom is 0.123 e. The number of rotatable bonds is 5. The molecule has 15 heavy (non-hydrogen) atoms. The highest BCUT2D eigenvalue weighted by atomic mass is 19.1. The molecule has 0 saturated heterocycles. The summed E-state index contributed by atoms with van der Waals surface area (Å²) in [6, 6.07) is 4.38. The summed E-state index contributed by atoms with van der Waals surface area (Å²) in [6.45, 7) is 2.05. The Morgan fingerprint density at radius 1 is 1.53 bits per heavy atom. The third kappa shape index (κ3) is 2.91. The lowest BCUT2D eigenvalue weighted by Crippen LogP contribution is -2.28. The minimum Gasteiger partial charge on any atom is -0.496 e. The lowest BCUT2D eigenvalue weighted by atomic mass is 10.0. The highest BCUT2D eigenvalue weighted by Crippen LogP contribution is 2.28. The van der Waals surface area contributed by atoms with Crippen molar-refractivity contribution in [3.05, 3.63) is 29.6 Å². The van der Waals surface area contributed by atoms with Gasteiger partial charge in [0.25, 0.3) is 0 Å². The Morgan fingerprint density at radius 2 is 2.27 bits per heavy atom. The smallest absolute Gasteiger partial charge is 0.123 e. The van der Waals surface area contributed by atoms with Crippen molar-refractivity contribution in [1.82, 2.24) is 5.43 Å². The fourth-order valence-corrected chi connectivity index (χ4v) is 1.59. The number of benzene rings is 1. The van der Waals surface area contributed by atoms with E-state index in [9.17, 15) is 4.39 Å². The van der Waals surface area contributed by atoms with E-state index in [4.69, 9.17) is 10.6 Å². The number of nitrogens with one attached hydrogen (secondary N) is 1. The maximum atomic E-state index is 13.1. The molecular weight excluding hydrogens is 195 g/mol. The van der Waals surface area contributed by atoms with E-state index in [2.05, 4.69) is 12.3 Å². The molecule has 0 aliphatic rings. The van der Waals surface area contributed by atoms with Crippen molar-refractivity contribution in [3.63, 3.8) is 0 Å². The van der Waals surface area contributed by atoms with E-state index < -0.39 is 0 Å². The first-order valence-electron chi connectivity index (χ1n) is 5.02. The number of hydrogen-bond acceptors (Lipinski definition) is 3. The zero-order chi connectivity index (χ0) is 11.3. The van der Waals surface area contributed by atoms with Crippen LogP contribution in [0.4, 0.5) is 4.39 Å². The summed E-state index contributed by atoms with van der Waals surface area (Å²) in [5, 5.41) is 0. The monoisotopic (exact) mass is 212 g/mol. The van der Waals surface area contributed by atoms with Gasteiger partial charge in [-0.1, -0.05) is 13.3 Å². The van der Waals surface area contributed by atoms with Crippen LogP contribution in [-0.4, -0.2) is 7.11 Å². The van der Waals surface area contributed by atoms with Crippen LogP contribution in [0.1, 0.15) is 31.4 Å². The molecule has 84 valence electrons. The Morgan fingerprint density at radius 3 is 2.80 bits per heavy atom. The van der Waals surface area contributed by atoms with E-state index in [0.717, 1.165) is 18.4 Å². The average Bonchev–Trinajstić information content (AvgIpc) is 2.26. The van der Waals surface area contributed by atoms with Gasteiger partial charge in [-0.05, 0) is 24.6 Å². The van der Waals surface area contributed by atoms with Gasteiger partial charge in [0.15, 0.2) is 0 Å².